The van der Waals surface area contributed by atoms with Gasteiger partial charge in [0.25, 0.3) is 0 Å². The zero-order valence-corrected chi connectivity index (χ0v) is 14.0. The Morgan fingerprint density at radius 1 is 1.14 bits per heavy atom. The van der Waals surface area contributed by atoms with Gasteiger partial charge in [-0.25, -0.2) is 0 Å². The van der Waals surface area contributed by atoms with Crippen molar-refractivity contribution >= 4 is 44.2 Å². The van der Waals surface area contributed by atoms with Gasteiger partial charge < -0.3 is 10.6 Å². The van der Waals surface area contributed by atoms with E-state index in [2.05, 4.69) is 26.6 Å². The van der Waals surface area contributed by atoms with Crippen molar-refractivity contribution in [3.8, 4) is 0 Å². The Morgan fingerprint density at radius 2 is 1.86 bits per heavy atom. The first kappa shape index (κ1) is 16.5. The number of fused-ring (bicyclic) bond motifs is 1. The van der Waals surface area contributed by atoms with Gasteiger partial charge >= 0.3 is 0 Å². The quantitative estimate of drug-likeness (QED) is 0.773. The molecule has 0 saturated heterocycles. The lowest BCUT2D eigenvalue weighted by atomic mass is 10.1. The largest absolute Gasteiger partial charge is 0.355 e. The molecule has 0 fully saturated rings. The fourth-order valence-corrected chi connectivity index (χ4v) is 2.30. The molecule has 0 aliphatic heterocycles. The summed E-state index contributed by atoms with van der Waals surface area (Å²) >= 11 is 3.28. The van der Waals surface area contributed by atoms with Crippen LogP contribution in [0.3, 0.4) is 0 Å². The van der Waals surface area contributed by atoms with Crippen molar-refractivity contribution in [3.05, 3.63) is 42.5 Å². The molecule has 22 heavy (non-hydrogen) atoms. The molecule has 0 spiro atoms. The molecule has 1 atom stereocenters. The molecule has 2 amide bonds. The van der Waals surface area contributed by atoms with Crippen LogP contribution in [0.5, 0.6) is 0 Å². The van der Waals surface area contributed by atoms with Crippen molar-refractivity contribution in [2.75, 3.05) is 11.9 Å². The Bertz CT molecular complexity index is 667. The molecule has 4 nitrogen and oxygen atoms in total. The summed E-state index contributed by atoms with van der Waals surface area (Å²) in [6.45, 7) is 2.25. The fourth-order valence-electron chi connectivity index (χ4n) is 2.14. The molecule has 0 aliphatic carbocycles. The molecule has 2 N–H and O–H groups in total. The van der Waals surface area contributed by atoms with E-state index in [-0.39, 0.29) is 23.1 Å². The van der Waals surface area contributed by atoms with Crippen LogP contribution in [0.2, 0.25) is 0 Å². The first-order chi connectivity index (χ1) is 10.6. The predicted molar refractivity (Wildman–Crippen MR) is 93.2 cm³/mol. The third-order valence-electron chi connectivity index (χ3n) is 3.36. The van der Waals surface area contributed by atoms with Crippen LogP contribution in [0.1, 0.15) is 19.8 Å². The smallest absolute Gasteiger partial charge is 0.233 e. The topological polar surface area (TPSA) is 58.2 Å². The highest BCUT2D eigenvalue weighted by molar-refractivity contribution is 9.10. The van der Waals surface area contributed by atoms with Crippen molar-refractivity contribution in [1.82, 2.24) is 5.32 Å². The van der Waals surface area contributed by atoms with Crippen LogP contribution in [-0.2, 0) is 9.59 Å². The second-order valence-electron chi connectivity index (χ2n) is 4.99. The molecule has 116 valence electrons. The van der Waals surface area contributed by atoms with E-state index in [4.69, 9.17) is 0 Å². The Hall–Kier alpha value is -1.88. The highest BCUT2D eigenvalue weighted by Crippen LogP contribution is 2.22. The zero-order valence-electron chi connectivity index (χ0n) is 12.4. The average Bonchev–Trinajstić information content (AvgIpc) is 2.54. The standard InChI is InChI=1S/C17H19BrN2O2/c1-2-14(18)17(22)19-11-10-16(21)20-15-9-5-7-12-6-3-4-8-13(12)15/h3-9,14H,2,10-11H2,1H3,(H,19,22)(H,20,21)/t14-/m0/s1. The van der Waals surface area contributed by atoms with E-state index < -0.39 is 0 Å². The third kappa shape index (κ3) is 4.31. The van der Waals surface area contributed by atoms with Gasteiger partial charge in [-0.3, -0.25) is 9.59 Å². The number of nitrogens with one attached hydrogen (secondary N) is 2. The number of alkyl halides is 1. The Labute approximate surface area is 138 Å². The van der Waals surface area contributed by atoms with Crippen LogP contribution in [0, 0.1) is 0 Å². The van der Waals surface area contributed by atoms with E-state index in [1.165, 1.54) is 0 Å². The number of anilines is 1. The van der Waals surface area contributed by atoms with Crippen LogP contribution in [-0.4, -0.2) is 23.2 Å². The van der Waals surface area contributed by atoms with Crippen LogP contribution >= 0.6 is 15.9 Å². The monoisotopic (exact) mass is 362 g/mol. The number of carbonyl (C=O) groups excluding carboxylic acids is 2. The lowest BCUT2D eigenvalue weighted by Gasteiger charge is -2.10. The summed E-state index contributed by atoms with van der Waals surface area (Å²) in [5, 5.41) is 7.73. The minimum Gasteiger partial charge on any atom is -0.355 e. The maximum Gasteiger partial charge on any atom is 0.233 e. The average molecular weight is 363 g/mol. The van der Waals surface area contributed by atoms with Gasteiger partial charge in [0.2, 0.25) is 11.8 Å². The van der Waals surface area contributed by atoms with Crippen molar-refractivity contribution < 1.29 is 9.59 Å². The first-order valence-electron chi connectivity index (χ1n) is 7.31. The molecule has 0 heterocycles. The molecular weight excluding hydrogens is 344 g/mol. The summed E-state index contributed by atoms with van der Waals surface area (Å²) in [5.74, 6) is -0.195. The van der Waals surface area contributed by atoms with Gasteiger partial charge in [0.1, 0.15) is 0 Å². The molecule has 5 heteroatoms. The van der Waals surface area contributed by atoms with Crippen LogP contribution in [0.15, 0.2) is 42.5 Å². The summed E-state index contributed by atoms with van der Waals surface area (Å²) in [6, 6.07) is 13.7. The number of amides is 2. The summed E-state index contributed by atoms with van der Waals surface area (Å²) in [6.07, 6.45) is 0.965. The SMILES string of the molecule is CC[C@H](Br)C(=O)NCCC(=O)Nc1cccc2ccccc12. The number of rotatable bonds is 6. The normalized spacial score (nSPS) is 11.9. The van der Waals surface area contributed by atoms with E-state index in [9.17, 15) is 9.59 Å². The molecule has 0 bridgehead atoms. The van der Waals surface area contributed by atoms with Crippen molar-refractivity contribution in [1.29, 1.82) is 0 Å². The summed E-state index contributed by atoms with van der Waals surface area (Å²) in [4.78, 5) is 23.4. The van der Waals surface area contributed by atoms with E-state index in [1.54, 1.807) is 0 Å². The van der Waals surface area contributed by atoms with Crippen LogP contribution in [0.4, 0.5) is 5.69 Å². The predicted octanol–water partition coefficient (Wildman–Crippen LogP) is 3.46. The van der Waals surface area contributed by atoms with E-state index in [0.29, 0.717) is 13.0 Å². The highest BCUT2D eigenvalue weighted by atomic mass is 79.9. The van der Waals surface area contributed by atoms with Gasteiger partial charge in [-0.05, 0) is 17.9 Å². The maximum atomic E-state index is 12.0. The summed E-state index contributed by atoms with van der Waals surface area (Å²) < 4.78 is 0. The van der Waals surface area contributed by atoms with Gasteiger partial charge in [0.15, 0.2) is 0 Å². The summed E-state index contributed by atoms with van der Waals surface area (Å²) in [5.41, 5.74) is 0.793. The zero-order chi connectivity index (χ0) is 15.9. The molecule has 2 aromatic carbocycles. The number of benzene rings is 2. The molecule has 2 rings (SSSR count). The van der Waals surface area contributed by atoms with Gasteiger partial charge in [0, 0.05) is 24.0 Å². The fraction of sp³-hybridized carbons (Fsp3) is 0.294. The maximum absolute atomic E-state index is 12.0. The van der Waals surface area contributed by atoms with Crippen molar-refractivity contribution in [3.63, 3.8) is 0 Å². The van der Waals surface area contributed by atoms with Gasteiger partial charge in [0.05, 0.1) is 4.83 Å². The first-order valence-corrected chi connectivity index (χ1v) is 8.22. The van der Waals surface area contributed by atoms with Crippen molar-refractivity contribution in [2.24, 2.45) is 0 Å². The second kappa shape index (κ2) is 7.94. The van der Waals surface area contributed by atoms with Crippen LogP contribution < -0.4 is 10.6 Å². The number of hydrogen-bond acceptors (Lipinski definition) is 2. The highest BCUT2D eigenvalue weighted by Gasteiger charge is 2.12. The molecule has 0 saturated carbocycles. The van der Waals surface area contributed by atoms with E-state index >= 15 is 0 Å². The van der Waals surface area contributed by atoms with Crippen molar-refractivity contribution in [2.45, 2.75) is 24.6 Å². The lowest BCUT2D eigenvalue weighted by Crippen LogP contribution is -2.33. The number of carbonyl (C=O) groups is 2. The number of halogens is 1. The molecule has 0 aliphatic rings. The van der Waals surface area contributed by atoms with E-state index in [0.717, 1.165) is 16.5 Å². The van der Waals surface area contributed by atoms with Gasteiger partial charge in [-0.1, -0.05) is 59.3 Å². The van der Waals surface area contributed by atoms with Crippen LogP contribution in [0.25, 0.3) is 10.8 Å². The number of hydrogen-bond donors (Lipinski definition) is 2. The van der Waals surface area contributed by atoms with Gasteiger partial charge in [-0.15, -0.1) is 0 Å². The van der Waals surface area contributed by atoms with E-state index in [1.807, 2.05) is 49.4 Å². The molecule has 0 unspecified atom stereocenters. The Morgan fingerprint density at radius 3 is 2.64 bits per heavy atom. The minimum atomic E-state index is -0.200. The minimum absolute atomic E-state index is 0.0829. The molecule has 2 aromatic rings. The lowest BCUT2D eigenvalue weighted by molar-refractivity contribution is -0.120. The Kier molecular flexibility index (Phi) is 5.95. The molecular formula is C17H19BrN2O2. The Balaban J connectivity index is 1.90. The summed E-state index contributed by atoms with van der Waals surface area (Å²) in [7, 11) is 0. The molecule has 0 radical (unpaired) electrons. The molecule has 0 aromatic heterocycles. The third-order valence-corrected chi connectivity index (χ3v) is 4.42. The second-order valence-corrected chi connectivity index (χ2v) is 6.10. The van der Waals surface area contributed by atoms with Gasteiger partial charge in [-0.2, -0.15) is 0 Å².